The molecule has 0 bridgehead atoms. The number of anilines is 1. The number of carbonyl (C=O) groups is 2. The number of rotatable bonds is 8. The summed E-state index contributed by atoms with van der Waals surface area (Å²) in [6.45, 7) is 2.00. The lowest BCUT2D eigenvalue weighted by Gasteiger charge is -2.31. The summed E-state index contributed by atoms with van der Waals surface area (Å²) in [5.74, 6) is 0.904. The van der Waals surface area contributed by atoms with E-state index in [1.54, 1.807) is 7.11 Å². The van der Waals surface area contributed by atoms with E-state index in [-0.39, 0.29) is 17.9 Å². The van der Waals surface area contributed by atoms with E-state index in [4.69, 9.17) is 4.74 Å². The number of nitrogens with one attached hydrogen (secondary N) is 2. The highest BCUT2D eigenvalue weighted by molar-refractivity contribution is 5.92. The molecule has 0 saturated carbocycles. The average molecular weight is 396 g/mol. The van der Waals surface area contributed by atoms with Gasteiger partial charge in [0, 0.05) is 31.2 Å². The summed E-state index contributed by atoms with van der Waals surface area (Å²) >= 11 is 0. The SMILES string of the molecule is COc1ccc(CCC(=O)NC2CCN(CC(=O)Nc3ccccc3)CC2)cc1. The predicted molar refractivity (Wildman–Crippen MR) is 114 cm³/mol. The summed E-state index contributed by atoms with van der Waals surface area (Å²) in [5, 5.41) is 6.05. The zero-order chi connectivity index (χ0) is 20.5. The van der Waals surface area contributed by atoms with Crippen LogP contribution in [0.25, 0.3) is 0 Å². The van der Waals surface area contributed by atoms with E-state index in [2.05, 4.69) is 15.5 Å². The van der Waals surface area contributed by atoms with Crippen LogP contribution >= 0.6 is 0 Å². The zero-order valence-electron chi connectivity index (χ0n) is 16.9. The van der Waals surface area contributed by atoms with E-state index in [0.29, 0.717) is 19.4 Å². The van der Waals surface area contributed by atoms with Crippen LogP contribution in [0, 0.1) is 0 Å². The summed E-state index contributed by atoms with van der Waals surface area (Å²) in [5.41, 5.74) is 1.94. The van der Waals surface area contributed by atoms with Crippen LogP contribution in [0.5, 0.6) is 5.75 Å². The molecule has 2 aromatic carbocycles. The number of benzene rings is 2. The maximum Gasteiger partial charge on any atom is 0.238 e. The first kappa shape index (κ1) is 20.9. The van der Waals surface area contributed by atoms with Crippen LogP contribution in [0.15, 0.2) is 54.6 Å². The number of nitrogens with zero attached hydrogens (tertiary/aromatic N) is 1. The maximum atomic E-state index is 12.3. The van der Waals surface area contributed by atoms with E-state index in [1.807, 2.05) is 54.6 Å². The lowest BCUT2D eigenvalue weighted by Crippen LogP contribution is -2.46. The third-order valence-corrected chi connectivity index (χ3v) is 5.18. The minimum Gasteiger partial charge on any atom is -0.497 e. The second kappa shape index (κ2) is 10.6. The largest absolute Gasteiger partial charge is 0.497 e. The van der Waals surface area contributed by atoms with Crippen molar-refractivity contribution in [2.45, 2.75) is 31.7 Å². The fourth-order valence-corrected chi connectivity index (χ4v) is 3.51. The molecule has 1 aliphatic rings. The molecule has 1 saturated heterocycles. The molecule has 0 aliphatic carbocycles. The van der Waals surface area contributed by atoms with Crippen molar-refractivity contribution in [1.82, 2.24) is 10.2 Å². The van der Waals surface area contributed by atoms with Crippen molar-refractivity contribution in [3.8, 4) is 5.75 Å². The molecule has 0 unspecified atom stereocenters. The first-order valence-corrected chi connectivity index (χ1v) is 10.1. The fraction of sp³-hybridized carbons (Fsp3) is 0.391. The van der Waals surface area contributed by atoms with Crippen molar-refractivity contribution in [2.75, 3.05) is 32.1 Å². The molecule has 2 amide bonds. The Hall–Kier alpha value is -2.86. The Labute approximate surface area is 172 Å². The summed E-state index contributed by atoms with van der Waals surface area (Å²) in [4.78, 5) is 26.6. The Morgan fingerprint density at radius 1 is 1.00 bits per heavy atom. The standard InChI is InChI=1S/C23H29N3O3/c1-29-21-10-7-18(8-11-21)9-12-22(27)24-20-13-15-26(16-14-20)17-23(28)25-19-5-3-2-4-6-19/h2-8,10-11,20H,9,12-17H2,1H3,(H,24,27)(H,25,28). The number of aryl methyl sites for hydroxylation is 1. The molecule has 0 radical (unpaired) electrons. The molecular weight excluding hydrogens is 366 g/mol. The normalized spacial score (nSPS) is 14.9. The quantitative estimate of drug-likeness (QED) is 0.721. The molecule has 0 spiro atoms. The topological polar surface area (TPSA) is 70.7 Å². The number of hydrogen-bond acceptors (Lipinski definition) is 4. The second-order valence-electron chi connectivity index (χ2n) is 7.38. The summed E-state index contributed by atoms with van der Waals surface area (Å²) in [7, 11) is 1.64. The number of carbonyl (C=O) groups excluding carboxylic acids is 2. The van der Waals surface area contributed by atoms with Gasteiger partial charge in [-0.05, 0) is 49.1 Å². The number of amides is 2. The predicted octanol–water partition coefficient (Wildman–Crippen LogP) is 2.85. The van der Waals surface area contributed by atoms with Gasteiger partial charge < -0.3 is 15.4 Å². The third-order valence-electron chi connectivity index (χ3n) is 5.18. The van der Waals surface area contributed by atoms with Crippen molar-refractivity contribution >= 4 is 17.5 Å². The van der Waals surface area contributed by atoms with Crippen molar-refractivity contribution in [2.24, 2.45) is 0 Å². The number of ether oxygens (including phenoxy) is 1. The fourth-order valence-electron chi connectivity index (χ4n) is 3.51. The smallest absolute Gasteiger partial charge is 0.238 e. The molecule has 6 heteroatoms. The number of likely N-dealkylation sites (tertiary alicyclic amines) is 1. The Balaban J connectivity index is 1.33. The van der Waals surface area contributed by atoms with Crippen LogP contribution in [-0.2, 0) is 16.0 Å². The summed E-state index contributed by atoms with van der Waals surface area (Å²) in [6, 6.07) is 17.5. The molecule has 154 valence electrons. The van der Waals surface area contributed by atoms with Crippen LogP contribution in [0.1, 0.15) is 24.8 Å². The van der Waals surface area contributed by atoms with Crippen LogP contribution in [0.4, 0.5) is 5.69 Å². The van der Waals surface area contributed by atoms with Crippen molar-refractivity contribution in [3.05, 3.63) is 60.2 Å². The van der Waals surface area contributed by atoms with Gasteiger partial charge in [0.25, 0.3) is 0 Å². The number of hydrogen-bond donors (Lipinski definition) is 2. The van der Waals surface area contributed by atoms with E-state index < -0.39 is 0 Å². The Morgan fingerprint density at radius 2 is 1.69 bits per heavy atom. The van der Waals surface area contributed by atoms with Crippen LogP contribution in [-0.4, -0.2) is 49.5 Å². The van der Waals surface area contributed by atoms with Gasteiger partial charge in [-0.2, -0.15) is 0 Å². The van der Waals surface area contributed by atoms with Gasteiger partial charge in [0.2, 0.25) is 11.8 Å². The number of piperidine rings is 1. The van der Waals surface area contributed by atoms with Gasteiger partial charge >= 0.3 is 0 Å². The first-order chi connectivity index (χ1) is 14.1. The molecule has 2 aromatic rings. The summed E-state index contributed by atoms with van der Waals surface area (Å²) in [6.07, 6.45) is 2.93. The Bertz CT molecular complexity index is 785. The lowest BCUT2D eigenvalue weighted by molar-refractivity contribution is -0.122. The Morgan fingerprint density at radius 3 is 2.34 bits per heavy atom. The molecule has 2 N–H and O–H groups in total. The molecule has 6 nitrogen and oxygen atoms in total. The van der Waals surface area contributed by atoms with Crippen LogP contribution in [0.2, 0.25) is 0 Å². The number of para-hydroxylation sites is 1. The molecule has 3 rings (SSSR count). The molecule has 1 fully saturated rings. The van der Waals surface area contributed by atoms with E-state index in [9.17, 15) is 9.59 Å². The molecule has 1 heterocycles. The molecule has 1 aliphatic heterocycles. The van der Waals surface area contributed by atoms with Gasteiger partial charge in [0.15, 0.2) is 0 Å². The maximum absolute atomic E-state index is 12.3. The zero-order valence-corrected chi connectivity index (χ0v) is 16.9. The van der Waals surface area contributed by atoms with Gasteiger partial charge in [-0.25, -0.2) is 0 Å². The van der Waals surface area contributed by atoms with Crippen LogP contribution in [0.3, 0.4) is 0 Å². The molecule has 0 atom stereocenters. The van der Waals surface area contributed by atoms with Crippen molar-refractivity contribution in [1.29, 1.82) is 0 Å². The highest BCUT2D eigenvalue weighted by Crippen LogP contribution is 2.14. The van der Waals surface area contributed by atoms with Crippen molar-refractivity contribution in [3.63, 3.8) is 0 Å². The van der Waals surface area contributed by atoms with E-state index in [0.717, 1.165) is 42.9 Å². The van der Waals surface area contributed by atoms with Gasteiger partial charge in [0.05, 0.1) is 13.7 Å². The van der Waals surface area contributed by atoms with E-state index >= 15 is 0 Å². The monoisotopic (exact) mass is 395 g/mol. The highest BCUT2D eigenvalue weighted by Gasteiger charge is 2.22. The summed E-state index contributed by atoms with van der Waals surface area (Å²) < 4.78 is 5.15. The molecule has 29 heavy (non-hydrogen) atoms. The average Bonchev–Trinajstić information content (AvgIpc) is 2.75. The first-order valence-electron chi connectivity index (χ1n) is 10.1. The van der Waals surface area contributed by atoms with Gasteiger partial charge in [-0.3, -0.25) is 14.5 Å². The minimum absolute atomic E-state index is 0.00169. The van der Waals surface area contributed by atoms with Gasteiger partial charge in [0.1, 0.15) is 5.75 Å². The highest BCUT2D eigenvalue weighted by atomic mass is 16.5. The third kappa shape index (κ3) is 6.91. The van der Waals surface area contributed by atoms with Crippen LogP contribution < -0.4 is 15.4 Å². The Kier molecular flexibility index (Phi) is 7.64. The van der Waals surface area contributed by atoms with Gasteiger partial charge in [-0.15, -0.1) is 0 Å². The number of methoxy groups -OCH3 is 1. The second-order valence-corrected chi connectivity index (χ2v) is 7.38. The minimum atomic E-state index is -0.00169. The van der Waals surface area contributed by atoms with Gasteiger partial charge in [-0.1, -0.05) is 30.3 Å². The lowest BCUT2D eigenvalue weighted by atomic mass is 10.0. The molecular formula is C23H29N3O3. The van der Waals surface area contributed by atoms with Crippen molar-refractivity contribution < 1.29 is 14.3 Å². The van der Waals surface area contributed by atoms with E-state index in [1.165, 1.54) is 0 Å². The molecule has 0 aromatic heterocycles.